The van der Waals surface area contributed by atoms with Crippen LogP contribution in [0.2, 0.25) is 0 Å². The first-order chi connectivity index (χ1) is 33.1. The van der Waals surface area contributed by atoms with Gasteiger partial charge in [-0.1, -0.05) is 50.2 Å². The third-order valence-electron chi connectivity index (χ3n) is 10.7. The minimum atomic E-state index is -5.39. The van der Waals surface area contributed by atoms with Crippen LogP contribution in [0.25, 0.3) is 0 Å². The summed E-state index contributed by atoms with van der Waals surface area (Å²) in [5, 5.41) is 0. The molecule has 362 valence electrons. The number of benzene rings is 8. The zero-order valence-electron chi connectivity index (χ0n) is 38.3. The fourth-order valence-corrected chi connectivity index (χ4v) is 6.71. The Kier molecular flexibility index (Phi) is 16.1. The van der Waals surface area contributed by atoms with E-state index in [1.807, 2.05) is 121 Å². The number of nitrogens with two attached hydrogens (primary N) is 5. The van der Waals surface area contributed by atoms with Gasteiger partial charge in [0, 0.05) is 33.9 Å². The summed E-state index contributed by atoms with van der Waals surface area (Å²) in [7, 11) is 0. The number of ether oxygens (including phenoxy) is 4. The van der Waals surface area contributed by atoms with E-state index < -0.39 is 23.8 Å². The van der Waals surface area contributed by atoms with Crippen molar-refractivity contribution in [2.45, 2.75) is 44.5 Å². The Morgan fingerprint density at radius 3 is 0.800 bits per heavy atom. The topological polar surface area (TPSA) is 167 Å². The molecule has 0 amide bonds. The van der Waals surface area contributed by atoms with Crippen molar-refractivity contribution in [1.82, 2.24) is 0 Å². The van der Waals surface area contributed by atoms with Crippen LogP contribution < -0.4 is 47.6 Å². The number of hydrogen-bond donors (Lipinski definition) is 5. The van der Waals surface area contributed by atoms with Crippen molar-refractivity contribution in [2.75, 3.05) is 28.7 Å². The normalized spacial score (nSPS) is 11.3. The molecule has 0 heterocycles. The highest BCUT2D eigenvalue weighted by atomic mass is 19.4. The Morgan fingerprint density at radius 1 is 0.343 bits per heavy atom. The molecule has 8 aromatic carbocycles. The lowest BCUT2D eigenvalue weighted by molar-refractivity contribution is -0.253. The Morgan fingerprint density at radius 2 is 0.571 bits per heavy atom. The van der Waals surface area contributed by atoms with Crippen molar-refractivity contribution >= 4 is 28.4 Å². The lowest BCUT2D eigenvalue weighted by atomic mass is 9.78. The molecule has 0 unspecified atom stereocenters. The number of anilines is 5. The summed E-state index contributed by atoms with van der Waals surface area (Å²) >= 11 is 0. The largest absolute Gasteiger partial charge is 0.457 e. The van der Waals surface area contributed by atoms with Crippen LogP contribution in [-0.4, -0.2) is 12.4 Å². The highest BCUT2D eigenvalue weighted by Gasteiger charge is 2.57. The first-order valence-electron chi connectivity index (χ1n) is 21.6. The number of hydrogen-bond acceptors (Lipinski definition) is 9. The van der Waals surface area contributed by atoms with Gasteiger partial charge in [-0.25, -0.2) is 0 Å². The van der Waals surface area contributed by atoms with Gasteiger partial charge in [0.15, 0.2) is 5.92 Å². The van der Waals surface area contributed by atoms with Gasteiger partial charge in [0.1, 0.15) is 46.0 Å². The number of rotatable bonds is 11. The zero-order valence-corrected chi connectivity index (χ0v) is 38.3. The lowest BCUT2D eigenvalue weighted by Crippen LogP contribution is -2.34. The maximum absolute atomic E-state index is 12.4. The molecule has 0 spiro atoms. The van der Waals surface area contributed by atoms with E-state index in [9.17, 15) is 26.3 Å². The van der Waals surface area contributed by atoms with E-state index in [4.69, 9.17) is 47.6 Å². The van der Waals surface area contributed by atoms with E-state index in [1.54, 1.807) is 24.3 Å². The average molecular weight is 960 g/mol. The zero-order chi connectivity index (χ0) is 50.6. The van der Waals surface area contributed by atoms with Gasteiger partial charge in [-0.05, 0) is 181 Å². The van der Waals surface area contributed by atoms with Crippen LogP contribution in [0.1, 0.15) is 42.0 Å². The van der Waals surface area contributed by atoms with Crippen molar-refractivity contribution in [3.63, 3.8) is 0 Å². The molecule has 0 saturated heterocycles. The Hall–Kier alpha value is -8.46. The summed E-state index contributed by atoms with van der Waals surface area (Å²) in [5.74, 6) is 2.54. The fourth-order valence-electron chi connectivity index (χ4n) is 6.71. The van der Waals surface area contributed by atoms with Crippen LogP contribution in [0.3, 0.4) is 0 Å². The van der Waals surface area contributed by atoms with Crippen molar-refractivity contribution in [3.05, 3.63) is 210 Å². The monoisotopic (exact) mass is 959 g/mol. The van der Waals surface area contributed by atoms with Gasteiger partial charge in [-0.3, -0.25) is 0 Å². The molecule has 9 nitrogen and oxygen atoms in total. The van der Waals surface area contributed by atoms with Crippen LogP contribution in [0.5, 0.6) is 46.0 Å². The van der Waals surface area contributed by atoms with Gasteiger partial charge in [-0.2, -0.15) is 26.3 Å². The summed E-state index contributed by atoms with van der Waals surface area (Å²) in [6.45, 7) is 5.91. The number of aryl methyl sites for hydroxylation is 1. The van der Waals surface area contributed by atoms with Gasteiger partial charge in [0.25, 0.3) is 0 Å². The molecule has 0 bridgehead atoms. The highest BCUT2D eigenvalue weighted by molar-refractivity contribution is 5.51. The van der Waals surface area contributed by atoms with E-state index in [0.717, 1.165) is 58.1 Å². The predicted molar refractivity (Wildman–Crippen MR) is 266 cm³/mol. The van der Waals surface area contributed by atoms with E-state index in [2.05, 4.69) is 38.1 Å². The first kappa shape index (κ1) is 50.9. The predicted octanol–water partition coefficient (Wildman–Crippen LogP) is 15.0. The summed E-state index contributed by atoms with van der Waals surface area (Å²) in [5.41, 5.74) is 32.6. The fraction of sp³-hybridized carbons (Fsp3) is 0.127. The third-order valence-corrected chi connectivity index (χ3v) is 10.7. The lowest BCUT2D eigenvalue weighted by Gasteiger charge is -2.26. The average Bonchev–Trinajstić information content (AvgIpc) is 3.31. The van der Waals surface area contributed by atoms with E-state index >= 15 is 0 Å². The van der Waals surface area contributed by atoms with Gasteiger partial charge < -0.3 is 47.6 Å². The van der Waals surface area contributed by atoms with Crippen molar-refractivity contribution in [3.8, 4) is 46.0 Å². The minimum Gasteiger partial charge on any atom is -0.457 e. The Bertz CT molecular complexity index is 2720. The molecule has 8 aromatic rings. The Balaban J connectivity index is 0.000000181. The molecule has 0 radical (unpaired) electrons. The second-order valence-electron chi connectivity index (χ2n) is 16.5. The summed E-state index contributed by atoms with van der Waals surface area (Å²) in [6.07, 6.45) is -10.8. The molecular weight excluding hydrogens is 909 g/mol. The molecule has 70 heavy (non-hydrogen) atoms. The van der Waals surface area contributed by atoms with Crippen molar-refractivity contribution in [1.29, 1.82) is 0 Å². The second kappa shape index (κ2) is 22.1. The number of nitrogen functional groups attached to an aromatic ring is 5. The standard InChI is InChI=1S/C27H26N2O2.C18H16N2O2.C10H9F6N/c1-27(2,19-3-11-23(12-4-19)30-25-15-7-21(28)8-16-25)20-5-13-24(14-6-20)31-26-17-9-22(29)10-18-26;19-13-1-5-15(6-2-13)21-17-9-11-18(12-10-17)22-16-7-3-14(20)4-8-16;1-5-2-3-6(4-7(5)17)8(9(11,12)13)10(14,15)16/h3-18H,28-29H2,1-2H3;1-12H,19-20H2;2-4,8H,17H2,1H3. The second-order valence-corrected chi connectivity index (χ2v) is 16.5. The van der Waals surface area contributed by atoms with Crippen LogP contribution in [0, 0.1) is 6.92 Å². The highest BCUT2D eigenvalue weighted by Crippen LogP contribution is 2.47. The maximum atomic E-state index is 12.4. The molecule has 0 atom stereocenters. The first-order valence-corrected chi connectivity index (χ1v) is 21.6. The summed E-state index contributed by atoms with van der Waals surface area (Å²) < 4.78 is 97.5. The smallest absolute Gasteiger partial charge is 0.404 e. The number of alkyl halides is 6. The molecule has 0 saturated carbocycles. The molecule has 0 aliphatic heterocycles. The van der Waals surface area contributed by atoms with Gasteiger partial charge in [0.2, 0.25) is 0 Å². The van der Waals surface area contributed by atoms with Crippen LogP contribution >= 0.6 is 0 Å². The maximum Gasteiger partial charge on any atom is 0.404 e. The number of halogens is 6. The molecule has 15 heteroatoms. The van der Waals surface area contributed by atoms with Gasteiger partial charge in [-0.15, -0.1) is 0 Å². The van der Waals surface area contributed by atoms with Gasteiger partial charge in [0.05, 0.1) is 0 Å². The van der Waals surface area contributed by atoms with Gasteiger partial charge >= 0.3 is 12.4 Å². The molecular formula is C55H51F6N5O4. The molecule has 10 N–H and O–H groups in total. The third kappa shape index (κ3) is 14.5. The van der Waals surface area contributed by atoms with Crippen molar-refractivity contribution < 1.29 is 45.3 Å². The molecule has 0 fully saturated rings. The quantitative estimate of drug-likeness (QED) is 0.0626. The summed E-state index contributed by atoms with van der Waals surface area (Å²) in [4.78, 5) is 0. The van der Waals surface area contributed by atoms with Crippen LogP contribution in [0.4, 0.5) is 54.8 Å². The van der Waals surface area contributed by atoms with E-state index in [1.165, 1.54) is 18.1 Å². The molecule has 0 aromatic heterocycles. The van der Waals surface area contributed by atoms with Crippen molar-refractivity contribution in [2.24, 2.45) is 0 Å². The Labute approximate surface area is 402 Å². The molecule has 0 aliphatic carbocycles. The molecule has 0 aliphatic rings. The molecule has 8 rings (SSSR count). The van der Waals surface area contributed by atoms with Crippen LogP contribution in [0.15, 0.2) is 188 Å². The SMILES string of the molecule is CC(C)(c1ccc(Oc2ccc(N)cc2)cc1)c1ccc(Oc2ccc(N)cc2)cc1.Cc1ccc(C(C(F)(F)F)C(F)(F)F)cc1N.Nc1ccc(Oc2ccc(Oc3ccc(N)cc3)cc2)cc1. The van der Waals surface area contributed by atoms with E-state index in [-0.39, 0.29) is 11.1 Å². The van der Waals surface area contributed by atoms with E-state index in [0.29, 0.717) is 34.4 Å². The van der Waals surface area contributed by atoms with Crippen LogP contribution in [-0.2, 0) is 5.41 Å². The minimum absolute atomic E-state index is 0.0963. The summed E-state index contributed by atoms with van der Waals surface area (Å²) in [6, 6.07) is 55.7.